The third-order valence-corrected chi connectivity index (χ3v) is 15.8. The van der Waals surface area contributed by atoms with E-state index in [0.717, 1.165) is 0 Å². The van der Waals surface area contributed by atoms with Crippen molar-refractivity contribution < 1.29 is 0 Å². The Labute approximate surface area is 167 Å². The molecule has 0 amide bonds. The van der Waals surface area contributed by atoms with Crippen molar-refractivity contribution in [1.82, 2.24) is 0 Å². The second-order valence-corrected chi connectivity index (χ2v) is 14.0. The van der Waals surface area contributed by atoms with Gasteiger partial charge in [-0.25, -0.2) is 0 Å². The van der Waals surface area contributed by atoms with Crippen molar-refractivity contribution in [1.29, 1.82) is 0 Å². The quantitative estimate of drug-likeness (QED) is 0.364. The van der Waals surface area contributed by atoms with Gasteiger partial charge in [-0.3, -0.25) is 0 Å². The summed E-state index contributed by atoms with van der Waals surface area (Å²) in [5.74, 6) is 0. The molecule has 0 aromatic heterocycles. The molecule has 0 aromatic rings. The van der Waals surface area contributed by atoms with Crippen LogP contribution in [0.5, 0.6) is 0 Å². The standard InChI is InChI=1S/2C12H19.Sn/c2*1-6-7-12-10(4)8(2)9(3)11(12)5;/h2*6-7H2,1-5H3;. The van der Waals surface area contributed by atoms with E-state index >= 15 is 0 Å². The van der Waals surface area contributed by atoms with Gasteiger partial charge in [-0.1, -0.05) is 0 Å². The van der Waals surface area contributed by atoms with Crippen LogP contribution in [0.4, 0.5) is 0 Å². The molecule has 0 heterocycles. The summed E-state index contributed by atoms with van der Waals surface area (Å²) in [4.78, 5) is 0. The molecule has 25 heavy (non-hydrogen) atoms. The van der Waals surface area contributed by atoms with Gasteiger partial charge in [-0.05, 0) is 0 Å². The minimum absolute atomic E-state index is 0.425. The first kappa shape index (κ1) is 21.1. The SMILES string of the molecule is CCC[C]1([Sn][C]2(CCC)C(C)=C(C)C(C)=C2C)C(C)=C(C)C(C)=C1C. The normalized spacial score (nSPS) is 22.8. The molecule has 2 aliphatic carbocycles. The van der Waals surface area contributed by atoms with Crippen LogP contribution in [-0.2, 0) is 0 Å². The Balaban J connectivity index is 2.67. The van der Waals surface area contributed by atoms with Crippen molar-refractivity contribution >= 4 is 21.1 Å². The van der Waals surface area contributed by atoms with E-state index in [1.54, 1.807) is 44.6 Å². The van der Waals surface area contributed by atoms with Gasteiger partial charge in [0.15, 0.2) is 0 Å². The monoisotopic (exact) mass is 446 g/mol. The zero-order chi connectivity index (χ0) is 19.2. The summed E-state index contributed by atoms with van der Waals surface area (Å²) in [6, 6.07) is 0. The Bertz CT molecular complexity index is 586. The fourth-order valence-corrected chi connectivity index (χ4v) is 13.8. The van der Waals surface area contributed by atoms with Crippen molar-refractivity contribution in [3.63, 3.8) is 0 Å². The molecule has 0 fully saturated rings. The summed E-state index contributed by atoms with van der Waals surface area (Å²) in [5.41, 5.74) is 13.2. The number of hydrogen-bond donors (Lipinski definition) is 0. The zero-order valence-corrected chi connectivity index (χ0v) is 21.2. The first-order valence-corrected chi connectivity index (χ1v) is 13.0. The summed E-state index contributed by atoms with van der Waals surface area (Å²) in [6.45, 7) is 24.1. The molecular weight excluding hydrogens is 407 g/mol. The number of rotatable bonds is 6. The molecule has 0 unspecified atom stereocenters. The first-order chi connectivity index (χ1) is 11.6. The van der Waals surface area contributed by atoms with Crippen LogP contribution in [0, 0.1) is 0 Å². The van der Waals surface area contributed by atoms with E-state index in [2.05, 4.69) is 69.2 Å². The van der Waals surface area contributed by atoms with Crippen LogP contribution in [-0.4, -0.2) is 21.1 Å². The molecule has 0 spiro atoms. The molecule has 0 saturated carbocycles. The number of hydrogen-bond acceptors (Lipinski definition) is 0. The molecule has 0 aliphatic heterocycles. The van der Waals surface area contributed by atoms with Gasteiger partial charge in [0.05, 0.1) is 0 Å². The molecule has 0 nitrogen and oxygen atoms in total. The van der Waals surface area contributed by atoms with Gasteiger partial charge in [-0.2, -0.15) is 0 Å². The maximum absolute atomic E-state index is 2.46. The van der Waals surface area contributed by atoms with Crippen LogP contribution in [0.3, 0.4) is 0 Å². The molecular formula is C24H38Sn. The van der Waals surface area contributed by atoms with Crippen LogP contribution in [0.25, 0.3) is 0 Å². The Morgan fingerprint density at radius 3 is 0.960 bits per heavy atom. The van der Waals surface area contributed by atoms with Gasteiger partial charge >= 0.3 is 168 Å². The van der Waals surface area contributed by atoms with Gasteiger partial charge < -0.3 is 0 Å². The number of allylic oxidation sites excluding steroid dienone is 8. The van der Waals surface area contributed by atoms with Crippen LogP contribution in [0.15, 0.2) is 44.6 Å². The summed E-state index contributed by atoms with van der Waals surface area (Å²) in [6.07, 6.45) is 5.30. The van der Waals surface area contributed by atoms with E-state index in [-0.39, 0.29) is 0 Å². The average molecular weight is 445 g/mol. The molecule has 138 valence electrons. The maximum atomic E-state index is 2.46. The molecule has 1 heteroatoms. The second kappa shape index (κ2) is 7.41. The Hall–Kier alpha value is -0.241. The van der Waals surface area contributed by atoms with Gasteiger partial charge in [0.25, 0.3) is 0 Å². The molecule has 0 saturated heterocycles. The Morgan fingerprint density at radius 2 is 0.760 bits per heavy atom. The summed E-state index contributed by atoms with van der Waals surface area (Å²) < 4.78 is 0.851. The molecule has 0 N–H and O–H groups in total. The third-order valence-electron chi connectivity index (χ3n) is 7.61. The minimum atomic E-state index is -0.797. The van der Waals surface area contributed by atoms with Gasteiger partial charge in [0.2, 0.25) is 0 Å². The van der Waals surface area contributed by atoms with Crippen molar-refractivity contribution in [2.75, 3.05) is 0 Å². The molecule has 2 rings (SSSR count). The first-order valence-electron chi connectivity index (χ1n) is 10.1. The predicted molar refractivity (Wildman–Crippen MR) is 114 cm³/mol. The van der Waals surface area contributed by atoms with Gasteiger partial charge in [0, 0.05) is 0 Å². The van der Waals surface area contributed by atoms with E-state index in [9.17, 15) is 0 Å². The van der Waals surface area contributed by atoms with Crippen LogP contribution >= 0.6 is 0 Å². The summed E-state index contributed by atoms with van der Waals surface area (Å²) in [5, 5.41) is 0. The van der Waals surface area contributed by atoms with Gasteiger partial charge in [0.1, 0.15) is 0 Å². The summed E-state index contributed by atoms with van der Waals surface area (Å²) >= 11 is -0.797. The summed E-state index contributed by atoms with van der Waals surface area (Å²) in [7, 11) is 0. The van der Waals surface area contributed by atoms with Crippen LogP contribution in [0.1, 0.15) is 94.9 Å². The second-order valence-electron chi connectivity index (χ2n) is 8.44. The zero-order valence-electron chi connectivity index (χ0n) is 18.3. The van der Waals surface area contributed by atoms with Crippen molar-refractivity contribution in [2.45, 2.75) is 102 Å². The van der Waals surface area contributed by atoms with Gasteiger partial charge in [-0.15, -0.1) is 0 Å². The molecule has 2 aliphatic rings. The molecule has 0 bridgehead atoms. The Morgan fingerprint density at radius 1 is 0.520 bits per heavy atom. The fourth-order valence-electron chi connectivity index (χ4n) is 5.33. The van der Waals surface area contributed by atoms with Crippen molar-refractivity contribution in [3.8, 4) is 0 Å². The molecule has 2 radical (unpaired) electrons. The van der Waals surface area contributed by atoms with E-state index in [1.165, 1.54) is 25.7 Å². The molecule has 0 atom stereocenters. The third kappa shape index (κ3) is 2.95. The van der Waals surface area contributed by atoms with Crippen molar-refractivity contribution in [2.24, 2.45) is 0 Å². The van der Waals surface area contributed by atoms with E-state index in [1.807, 2.05) is 0 Å². The van der Waals surface area contributed by atoms with Crippen molar-refractivity contribution in [3.05, 3.63) is 44.6 Å². The Kier molecular flexibility index (Phi) is 6.24. The fraction of sp³-hybridized carbons (Fsp3) is 0.667. The van der Waals surface area contributed by atoms with E-state index in [0.29, 0.717) is 6.86 Å². The van der Waals surface area contributed by atoms with E-state index < -0.39 is 21.1 Å². The average Bonchev–Trinajstić information content (AvgIpc) is 2.84. The van der Waals surface area contributed by atoms with E-state index in [4.69, 9.17) is 0 Å². The predicted octanol–water partition coefficient (Wildman–Crippen LogP) is 7.98. The van der Waals surface area contributed by atoms with Crippen LogP contribution in [0.2, 0.25) is 6.86 Å². The van der Waals surface area contributed by atoms with Crippen LogP contribution < -0.4 is 0 Å². The molecule has 0 aromatic carbocycles. The topological polar surface area (TPSA) is 0 Å².